The Balaban J connectivity index is 1.75. The highest BCUT2D eigenvalue weighted by atomic mass is 16.3. The first-order valence-corrected chi connectivity index (χ1v) is 10.1. The second kappa shape index (κ2) is 6.68. The van der Waals surface area contributed by atoms with Crippen molar-refractivity contribution in [3.63, 3.8) is 0 Å². The van der Waals surface area contributed by atoms with E-state index in [1.165, 1.54) is 0 Å². The summed E-state index contributed by atoms with van der Waals surface area (Å²) in [6, 6.07) is 27.8. The van der Waals surface area contributed by atoms with Gasteiger partial charge in [-0.15, -0.1) is 0 Å². The summed E-state index contributed by atoms with van der Waals surface area (Å²) < 4.78 is 0. The number of hydrogen-bond donors (Lipinski definition) is 1. The van der Waals surface area contributed by atoms with E-state index in [2.05, 4.69) is 31.2 Å². The van der Waals surface area contributed by atoms with E-state index < -0.39 is 5.60 Å². The summed E-state index contributed by atoms with van der Waals surface area (Å²) in [5.41, 5.74) is 3.52. The predicted octanol–water partition coefficient (Wildman–Crippen LogP) is 5.43. The van der Waals surface area contributed by atoms with Gasteiger partial charge in [0.25, 0.3) is 0 Å². The van der Waals surface area contributed by atoms with Crippen LogP contribution in [0.3, 0.4) is 0 Å². The lowest BCUT2D eigenvalue weighted by molar-refractivity contribution is 0.0723. The SMILES string of the molecule is CCc1ccc2c(c1)C(=O)c1ccccc1C2(O)Cc1cccc2ccccc12. The Hall–Kier alpha value is -3.23. The molecule has 0 spiro atoms. The van der Waals surface area contributed by atoms with E-state index in [-0.39, 0.29) is 5.78 Å². The van der Waals surface area contributed by atoms with Crippen LogP contribution in [0.2, 0.25) is 0 Å². The largest absolute Gasteiger partial charge is 0.380 e. The van der Waals surface area contributed by atoms with Crippen LogP contribution in [-0.2, 0) is 18.4 Å². The minimum atomic E-state index is -1.25. The minimum absolute atomic E-state index is 0.00602. The number of benzene rings is 4. The Labute approximate surface area is 170 Å². The fraction of sp³-hybridized carbons (Fsp3) is 0.148. The Morgan fingerprint density at radius 3 is 2.38 bits per heavy atom. The van der Waals surface area contributed by atoms with Crippen molar-refractivity contribution in [2.75, 3.05) is 0 Å². The fourth-order valence-corrected chi connectivity index (χ4v) is 4.60. The molecule has 0 aliphatic heterocycles. The number of carbonyl (C=O) groups is 1. The van der Waals surface area contributed by atoms with E-state index in [1.807, 2.05) is 60.7 Å². The second-order valence-corrected chi connectivity index (χ2v) is 7.78. The van der Waals surface area contributed by atoms with Crippen molar-refractivity contribution in [1.82, 2.24) is 0 Å². The van der Waals surface area contributed by atoms with Crippen LogP contribution in [-0.4, -0.2) is 10.9 Å². The zero-order valence-corrected chi connectivity index (χ0v) is 16.4. The van der Waals surface area contributed by atoms with Gasteiger partial charge in [-0.2, -0.15) is 0 Å². The van der Waals surface area contributed by atoms with Crippen molar-refractivity contribution in [1.29, 1.82) is 0 Å². The van der Waals surface area contributed by atoms with E-state index in [9.17, 15) is 9.90 Å². The van der Waals surface area contributed by atoms with Crippen molar-refractivity contribution in [2.45, 2.75) is 25.4 Å². The second-order valence-electron chi connectivity index (χ2n) is 7.78. The van der Waals surface area contributed by atoms with Gasteiger partial charge in [-0.25, -0.2) is 0 Å². The molecule has 1 unspecified atom stereocenters. The Morgan fingerprint density at radius 2 is 1.52 bits per heavy atom. The lowest BCUT2D eigenvalue weighted by atomic mass is 9.71. The minimum Gasteiger partial charge on any atom is -0.380 e. The van der Waals surface area contributed by atoms with Crippen molar-refractivity contribution >= 4 is 16.6 Å². The van der Waals surface area contributed by atoms with Crippen molar-refractivity contribution < 1.29 is 9.90 Å². The number of aryl methyl sites for hydroxylation is 1. The summed E-state index contributed by atoms with van der Waals surface area (Å²) in [6.07, 6.45) is 1.26. The molecule has 0 fully saturated rings. The van der Waals surface area contributed by atoms with Gasteiger partial charge >= 0.3 is 0 Å². The van der Waals surface area contributed by atoms with Gasteiger partial charge in [0.1, 0.15) is 5.60 Å². The summed E-state index contributed by atoms with van der Waals surface area (Å²) in [7, 11) is 0. The molecule has 4 aromatic carbocycles. The van der Waals surface area contributed by atoms with Gasteiger partial charge in [-0.1, -0.05) is 85.8 Å². The molecule has 1 aliphatic carbocycles. The van der Waals surface area contributed by atoms with Gasteiger partial charge in [0, 0.05) is 17.5 Å². The number of carbonyl (C=O) groups excluding carboxylic acids is 1. The summed E-state index contributed by atoms with van der Waals surface area (Å²) in [4.78, 5) is 13.2. The molecule has 29 heavy (non-hydrogen) atoms. The highest BCUT2D eigenvalue weighted by Gasteiger charge is 2.42. The molecule has 0 radical (unpaired) electrons. The number of rotatable bonds is 3. The van der Waals surface area contributed by atoms with Crippen LogP contribution in [0.25, 0.3) is 10.8 Å². The number of fused-ring (bicyclic) bond motifs is 3. The van der Waals surface area contributed by atoms with Crippen LogP contribution in [0.1, 0.15) is 45.1 Å². The van der Waals surface area contributed by atoms with Gasteiger partial charge in [-0.3, -0.25) is 4.79 Å². The topological polar surface area (TPSA) is 37.3 Å². The zero-order chi connectivity index (χ0) is 20.0. The molecular weight excluding hydrogens is 356 g/mol. The Bertz CT molecular complexity index is 1250. The maximum Gasteiger partial charge on any atom is 0.193 e. The van der Waals surface area contributed by atoms with Crippen LogP contribution in [0.4, 0.5) is 0 Å². The maximum atomic E-state index is 13.2. The molecule has 4 aromatic rings. The molecule has 0 aromatic heterocycles. The molecular formula is C27H22O2. The molecule has 1 atom stereocenters. The lowest BCUT2D eigenvalue weighted by Gasteiger charge is -2.36. The summed E-state index contributed by atoms with van der Waals surface area (Å²) >= 11 is 0. The zero-order valence-electron chi connectivity index (χ0n) is 16.4. The molecule has 2 heteroatoms. The van der Waals surface area contributed by atoms with Gasteiger partial charge in [0.2, 0.25) is 0 Å². The van der Waals surface area contributed by atoms with Crippen LogP contribution in [0, 0.1) is 0 Å². The third-order valence-corrected chi connectivity index (χ3v) is 6.13. The molecule has 0 saturated heterocycles. The highest BCUT2D eigenvalue weighted by molar-refractivity contribution is 6.13. The first-order valence-electron chi connectivity index (χ1n) is 10.1. The number of hydrogen-bond acceptors (Lipinski definition) is 2. The summed E-state index contributed by atoms with van der Waals surface area (Å²) in [6.45, 7) is 2.07. The van der Waals surface area contributed by atoms with Crippen LogP contribution in [0.15, 0.2) is 84.9 Å². The van der Waals surface area contributed by atoms with Crippen LogP contribution in [0.5, 0.6) is 0 Å². The molecule has 0 heterocycles. The van der Waals surface area contributed by atoms with E-state index in [4.69, 9.17) is 0 Å². The van der Waals surface area contributed by atoms with Crippen molar-refractivity contribution in [3.05, 3.63) is 118 Å². The van der Waals surface area contributed by atoms with Crippen molar-refractivity contribution in [2.24, 2.45) is 0 Å². The summed E-state index contributed by atoms with van der Waals surface area (Å²) in [5, 5.41) is 14.4. The van der Waals surface area contributed by atoms with Gasteiger partial charge in [-0.05, 0) is 45.5 Å². The van der Waals surface area contributed by atoms with Gasteiger partial charge in [0.15, 0.2) is 5.78 Å². The average molecular weight is 378 g/mol. The van der Waals surface area contributed by atoms with E-state index in [1.54, 1.807) is 0 Å². The predicted molar refractivity (Wildman–Crippen MR) is 116 cm³/mol. The quantitative estimate of drug-likeness (QED) is 0.516. The molecule has 0 saturated carbocycles. The maximum absolute atomic E-state index is 13.2. The smallest absolute Gasteiger partial charge is 0.193 e. The van der Waals surface area contributed by atoms with Crippen LogP contribution >= 0.6 is 0 Å². The standard InChI is InChI=1S/C27H22O2/c1-2-18-14-15-25-23(16-18)26(28)22-12-5-6-13-24(22)27(25,29)17-20-10-7-9-19-8-3-4-11-21(19)20/h3-16,29H,2,17H2,1H3. The molecule has 0 bridgehead atoms. The highest BCUT2D eigenvalue weighted by Crippen LogP contribution is 2.43. The lowest BCUT2D eigenvalue weighted by Crippen LogP contribution is -2.37. The number of aliphatic hydroxyl groups is 1. The third kappa shape index (κ3) is 2.72. The van der Waals surface area contributed by atoms with Crippen molar-refractivity contribution in [3.8, 4) is 0 Å². The normalized spacial score (nSPS) is 17.8. The number of ketones is 1. The molecule has 1 aliphatic rings. The van der Waals surface area contributed by atoms with E-state index >= 15 is 0 Å². The Morgan fingerprint density at radius 1 is 0.793 bits per heavy atom. The molecule has 5 rings (SSSR count). The van der Waals surface area contributed by atoms with Gasteiger partial charge < -0.3 is 5.11 Å². The fourth-order valence-electron chi connectivity index (χ4n) is 4.60. The first kappa shape index (κ1) is 17.8. The molecule has 0 amide bonds. The average Bonchev–Trinajstić information content (AvgIpc) is 2.77. The first-order chi connectivity index (χ1) is 14.1. The van der Waals surface area contributed by atoms with E-state index in [0.29, 0.717) is 28.7 Å². The van der Waals surface area contributed by atoms with Gasteiger partial charge in [0.05, 0.1) is 0 Å². The molecule has 142 valence electrons. The monoisotopic (exact) mass is 378 g/mol. The summed E-state index contributed by atoms with van der Waals surface area (Å²) in [5.74, 6) is -0.00602. The molecule has 1 N–H and O–H groups in total. The Kier molecular flexibility index (Phi) is 4.11. The molecule has 2 nitrogen and oxygen atoms in total. The van der Waals surface area contributed by atoms with E-state index in [0.717, 1.165) is 28.3 Å². The third-order valence-electron chi connectivity index (χ3n) is 6.13. The van der Waals surface area contributed by atoms with Crippen LogP contribution < -0.4 is 0 Å².